The van der Waals surface area contributed by atoms with Crippen LogP contribution in [0.1, 0.15) is 132 Å². The Morgan fingerprint density at radius 2 is 0.883 bits per heavy atom. The minimum Gasteiger partial charge on any atom is -0.455 e. The van der Waals surface area contributed by atoms with E-state index in [9.17, 15) is 36.7 Å². The van der Waals surface area contributed by atoms with Gasteiger partial charge in [0.25, 0.3) is 0 Å². The summed E-state index contributed by atoms with van der Waals surface area (Å²) >= 11 is 0. The van der Waals surface area contributed by atoms with Crippen LogP contribution in [0.3, 0.4) is 0 Å². The lowest BCUT2D eigenvalue weighted by Crippen LogP contribution is -2.66. The largest absolute Gasteiger partial charge is 0.455 e. The maximum atomic E-state index is 13.6. The van der Waals surface area contributed by atoms with Crippen LogP contribution in [0.15, 0.2) is 135 Å². The molecule has 560 valence electrons. The Hall–Kier alpha value is -5.26. The summed E-state index contributed by atoms with van der Waals surface area (Å²) in [6, 6.07) is 41.4. The van der Waals surface area contributed by atoms with Gasteiger partial charge in [-0.2, -0.15) is 17.6 Å². The van der Waals surface area contributed by atoms with E-state index in [1.165, 1.54) is 36.7 Å². The number of halogens is 4. The Balaban J connectivity index is 0.000000122. The molecule has 16 unspecified atom stereocenters. The number of esters is 4. The second-order valence-corrected chi connectivity index (χ2v) is 35.2. The molecule has 8 saturated carbocycles. The van der Waals surface area contributed by atoms with E-state index in [0.717, 1.165) is 38.9 Å². The Kier molecular flexibility index (Phi) is 21.3. The molecule has 25 heteroatoms. The van der Waals surface area contributed by atoms with E-state index in [1.807, 2.05) is 13.8 Å². The van der Waals surface area contributed by atoms with Crippen LogP contribution in [0.2, 0.25) is 0 Å². The van der Waals surface area contributed by atoms with E-state index in [-0.39, 0.29) is 51.8 Å². The molecule has 0 radical (unpaired) electrons. The number of fused-ring (bicyclic) bond motifs is 6. The normalized spacial score (nSPS) is 37.4. The maximum Gasteiger partial charge on any atom is 0.377 e. The fraction of sp³-hybridized carbons (Fsp3) is 0.641. The van der Waals surface area contributed by atoms with Gasteiger partial charge in [-0.15, -0.1) is 0 Å². The molecule has 8 aliphatic carbocycles. The highest BCUT2D eigenvalue weighted by atomic mass is 32.2. The van der Waals surface area contributed by atoms with Crippen LogP contribution in [-0.4, -0.2) is 170 Å². The summed E-state index contributed by atoms with van der Waals surface area (Å²) < 4.78 is 142. The average molecular weight is 1480 g/mol. The number of alkyl halides is 4. The molecule has 7 heterocycles. The molecule has 16 atom stereocenters. The van der Waals surface area contributed by atoms with Crippen LogP contribution in [0.4, 0.5) is 17.6 Å². The van der Waals surface area contributed by atoms with Crippen molar-refractivity contribution in [2.75, 3.05) is 37.9 Å². The summed E-state index contributed by atoms with van der Waals surface area (Å²) in [5, 5.41) is 0. The van der Waals surface area contributed by atoms with Gasteiger partial charge in [-0.3, -0.25) is 0 Å². The number of hydrogen-bond donors (Lipinski definition) is 0. The van der Waals surface area contributed by atoms with Crippen molar-refractivity contribution in [3.05, 3.63) is 121 Å². The third-order valence-corrected chi connectivity index (χ3v) is 27.0. The third-order valence-electron chi connectivity index (χ3n) is 22.5. The minimum absolute atomic E-state index is 0.0146. The van der Waals surface area contributed by atoms with Gasteiger partial charge < -0.3 is 71.1 Å². The topological polar surface area (TPSA) is 207 Å². The quantitative estimate of drug-likeness (QED) is 0.0336. The van der Waals surface area contributed by atoms with Crippen molar-refractivity contribution < 1.29 is 108 Å². The van der Waals surface area contributed by atoms with Gasteiger partial charge in [0.05, 0.1) is 24.1 Å². The lowest BCUT2D eigenvalue weighted by molar-refractivity contribution is -0.344. The standard InChI is InChI=1S/2C23H30F2O9.C18H15S.C14H21OS/c2*1-4-28-10(2)29-16-14-15(30-18(16)26)17-19(31-14)33-23(32-17)12-5-11-6-13(23)9-22(7-11,8-12)34-20(27)21(3,24)25;1-4-10-16(11-5-1)19(17-12-6-2-7-13-17)18-14-8-3-9-15-18;1-14(2,3)12-4-6-13(7-5-12)16-10-8-15-9-11-16/h2*10-17,19H,4-9H2,1-3H3;1-15H;4-7H,8-11H2,1-3H3/q;;2*+1. The van der Waals surface area contributed by atoms with Gasteiger partial charge in [0.2, 0.25) is 0 Å². The van der Waals surface area contributed by atoms with E-state index < -0.39 is 132 Å². The molecule has 0 N–H and O–H groups in total. The van der Waals surface area contributed by atoms with Crippen molar-refractivity contribution in [2.45, 2.75) is 260 Å². The van der Waals surface area contributed by atoms with Crippen molar-refractivity contribution in [3.8, 4) is 0 Å². The number of benzene rings is 4. The maximum absolute atomic E-state index is 13.6. The number of carbonyl (C=O) groups is 4. The van der Waals surface area contributed by atoms with Crippen LogP contribution in [0.25, 0.3) is 0 Å². The molecule has 4 aromatic carbocycles. The minimum atomic E-state index is -3.54. The van der Waals surface area contributed by atoms with Crippen molar-refractivity contribution in [1.29, 1.82) is 0 Å². The molecule has 0 aromatic heterocycles. The first-order valence-electron chi connectivity index (χ1n) is 36.5. The van der Waals surface area contributed by atoms with Gasteiger partial charge >= 0.3 is 35.7 Å². The van der Waals surface area contributed by atoms with Crippen molar-refractivity contribution in [2.24, 2.45) is 35.5 Å². The molecule has 15 aliphatic rings. The lowest BCUT2D eigenvalue weighted by atomic mass is 9.51. The van der Waals surface area contributed by atoms with E-state index in [0.29, 0.717) is 76.5 Å². The van der Waals surface area contributed by atoms with Crippen molar-refractivity contribution in [3.63, 3.8) is 0 Å². The predicted octanol–water partition coefficient (Wildman–Crippen LogP) is 12.4. The van der Waals surface area contributed by atoms with Crippen LogP contribution in [0, 0.1) is 35.5 Å². The van der Waals surface area contributed by atoms with Crippen LogP contribution in [-0.2, 0) is 117 Å². The first kappa shape index (κ1) is 74.6. The zero-order valence-corrected chi connectivity index (χ0v) is 61.4. The highest BCUT2D eigenvalue weighted by molar-refractivity contribution is 7.97. The van der Waals surface area contributed by atoms with Gasteiger partial charge in [-0.25, -0.2) is 19.2 Å². The Morgan fingerprint density at radius 3 is 1.22 bits per heavy atom. The molecule has 0 amide bonds. The van der Waals surface area contributed by atoms with Gasteiger partial charge in [0.15, 0.2) is 92.9 Å². The fourth-order valence-corrected chi connectivity index (χ4v) is 22.5. The smallest absolute Gasteiger partial charge is 0.377 e. The lowest BCUT2D eigenvalue weighted by Gasteiger charge is -2.62. The molecule has 7 saturated heterocycles. The average Bonchev–Trinajstić information content (AvgIpc) is 1.65. The second-order valence-electron chi connectivity index (χ2n) is 30.9. The molecule has 19 nitrogen and oxygen atoms in total. The molecule has 4 aromatic rings. The Morgan fingerprint density at radius 1 is 0.515 bits per heavy atom. The highest BCUT2D eigenvalue weighted by Gasteiger charge is 2.76. The van der Waals surface area contributed by atoms with Crippen LogP contribution >= 0.6 is 0 Å². The Labute approximate surface area is 604 Å². The van der Waals surface area contributed by atoms with Gasteiger partial charge in [0.1, 0.15) is 34.9 Å². The molecular weight excluding hydrogens is 1380 g/mol. The summed E-state index contributed by atoms with van der Waals surface area (Å²) in [6.45, 7) is 17.7. The summed E-state index contributed by atoms with van der Waals surface area (Å²) in [4.78, 5) is 54.5. The number of carbonyl (C=O) groups excluding carboxylic acids is 4. The highest BCUT2D eigenvalue weighted by Crippen LogP contribution is 2.68. The van der Waals surface area contributed by atoms with E-state index in [1.54, 1.807) is 13.8 Å². The van der Waals surface area contributed by atoms with Crippen molar-refractivity contribution >= 4 is 45.7 Å². The summed E-state index contributed by atoms with van der Waals surface area (Å²) in [5.74, 6) is -10.6. The molecule has 2 spiro atoms. The zero-order valence-electron chi connectivity index (χ0n) is 59.8. The SMILES string of the molecule is CC(C)(C)c1ccc([S+]2CCOCC2)cc1.CCOC(C)OC1C(=O)OC2C3OC4(OC3OC12)C1CC2CC4CC(OC(=O)C(C)(F)F)(C2)C1.CCOC(C)OC1C(=O)OC2C3OC4(OC3OC12)C1CC2CC4CC(OC(=O)C(C)(F)F)(C2)C1.c1ccc([S+](c2ccccc2)c2ccccc2)cc1. The molecule has 103 heavy (non-hydrogen) atoms. The van der Waals surface area contributed by atoms with Gasteiger partial charge in [-0.1, -0.05) is 87.5 Å². The molecule has 7 aliphatic heterocycles. The molecule has 8 bridgehead atoms. The molecule has 15 fully saturated rings. The van der Waals surface area contributed by atoms with E-state index >= 15 is 0 Å². The Bertz CT molecular complexity index is 3370. The summed E-state index contributed by atoms with van der Waals surface area (Å²) in [5.41, 5.74) is -0.147. The number of ether oxygens (including phenoxy) is 15. The van der Waals surface area contributed by atoms with Crippen LogP contribution in [0.5, 0.6) is 0 Å². The fourth-order valence-electron chi connectivity index (χ4n) is 18.5. The predicted molar refractivity (Wildman–Crippen MR) is 365 cm³/mol. The number of rotatable bonds is 16. The van der Waals surface area contributed by atoms with E-state index in [4.69, 9.17) is 71.1 Å². The monoisotopic (exact) mass is 1480 g/mol. The number of hydrogen-bond acceptors (Lipinski definition) is 19. The molecular formula is C78H96F4O19S2+2. The van der Waals surface area contributed by atoms with E-state index in [2.05, 4.69) is 136 Å². The second kappa shape index (κ2) is 29.4. The van der Waals surface area contributed by atoms with Crippen LogP contribution < -0.4 is 0 Å². The first-order valence-corrected chi connectivity index (χ1v) is 39.3. The third kappa shape index (κ3) is 15.0. The zero-order chi connectivity index (χ0) is 72.6. The summed E-state index contributed by atoms with van der Waals surface area (Å²) in [6.07, 6.45) is -2.49. The van der Waals surface area contributed by atoms with Gasteiger partial charge in [0, 0.05) is 61.6 Å². The van der Waals surface area contributed by atoms with Crippen molar-refractivity contribution in [1.82, 2.24) is 0 Å². The van der Waals surface area contributed by atoms with Gasteiger partial charge in [-0.05, 0) is 163 Å². The summed E-state index contributed by atoms with van der Waals surface area (Å²) in [7, 11) is 0.417. The molecule has 19 rings (SSSR count). The first-order chi connectivity index (χ1) is 49.1.